The maximum Gasteiger partial charge on any atom is 0.412 e. The van der Waals surface area contributed by atoms with E-state index in [0.717, 1.165) is 0 Å². The number of amides is 4. The van der Waals surface area contributed by atoms with Crippen LogP contribution in [-0.4, -0.2) is 41.8 Å². The molecule has 2 heterocycles. The molecule has 9 nitrogen and oxygen atoms in total. The fourth-order valence-electron chi connectivity index (χ4n) is 3.85. The number of hydrogen-bond acceptors (Lipinski definition) is 6. The Hall–Kier alpha value is -3.95. The summed E-state index contributed by atoms with van der Waals surface area (Å²) >= 11 is 0. The van der Waals surface area contributed by atoms with Crippen molar-refractivity contribution in [1.82, 2.24) is 15.5 Å². The number of carbonyl (C=O) groups excluding carboxylic acids is 4. The van der Waals surface area contributed by atoms with Crippen LogP contribution in [0, 0.1) is 5.82 Å². The van der Waals surface area contributed by atoms with Crippen LogP contribution in [0.1, 0.15) is 34.3 Å². The average molecular weight is 440 g/mol. The molecule has 166 valence electrons. The number of nitrogens with one attached hydrogen (secondary N) is 3. The Labute approximate surface area is 182 Å². The maximum absolute atomic E-state index is 14.3. The van der Waals surface area contributed by atoms with Crippen molar-refractivity contribution >= 4 is 29.5 Å². The molecule has 1 fully saturated rings. The van der Waals surface area contributed by atoms with Crippen LogP contribution >= 0.6 is 0 Å². The lowest BCUT2D eigenvalue weighted by molar-refractivity contribution is -0.136. The van der Waals surface area contributed by atoms with Gasteiger partial charge in [0.1, 0.15) is 17.6 Å². The van der Waals surface area contributed by atoms with Crippen molar-refractivity contribution in [3.8, 4) is 5.75 Å². The van der Waals surface area contributed by atoms with Gasteiger partial charge in [-0.1, -0.05) is 6.07 Å². The van der Waals surface area contributed by atoms with E-state index in [4.69, 9.17) is 4.74 Å². The van der Waals surface area contributed by atoms with Crippen molar-refractivity contribution in [3.63, 3.8) is 0 Å². The maximum atomic E-state index is 14.3. The van der Waals surface area contributed by atoms with Gasteiger partial charge in [0.15, 0.2) is 0 Å². The van der Waals surface area contributed by atoms with Gasteiger partial charge in [0.25, 0.3) is 5.91 Å². The number of piperidine rings is 1. The zero-order chi connectivity index (χ0) is 22.8. The van der Waals surface area contributed by atoms with Crippen molar-refractivity contribution in [2.75, 3.05) is 12.4 Å². The molecule has 2 aliphatic heterocycles. The molecule has 1 atom stereocenters. The zero-order valence-corrected chi connectivity index (χ0v) is 17.2. The van der Waals surface area contributed by atoms with Gasteiger partial charge in [0, 0.05) is 48.9 Å². The fraction of sp³-hybridized carbons (Fsp3) is 0.273. The SMILES string of the molecule is CNC(=O)Oc1ccc(F)c(CNc2cccc3c2CN([C@H]2CCC(=O)NC2=O)C3=O)c1. The van der Waals surface area contributed by atoms with Crippen LogP contribution in [-0.2, 0) is 22.7 Å². The minimum absolute atomic E-state index is 0.0832. The van der Waals surface area contributed by atoms with E-state index in [0.29, 0.717) is 16.8 Å². The van der Waals surface area contributed by atoms with Crippen LogP contribution in [0.3, 0.4) is 0 Å². The van der Waals surface area contributed by atoms with Crippen LogP contribution in [0.15, 0.2) is 36.4 Å². The summed E-state index contributed by atoms with van der Waals surface area (Å²) < 4.78 is 19.3. The van der Waals surface area contributed by atoms with Crippen molar-refractivity contribution < 1.29 is 28.3 Å². The van der Waals surface area contributed by atoms with Gasteiger partial charge in [0.05, 0.1) is 0 Å². The Balaban J connectivity index is 1.51. The van der Waals surface area contributed by atoms with Gasteiger partial charge in [0.2, 0.25) is 11.8 Å². The van der Waals surface area contributed by atoms with Crippen LogP contribution in [0.4, 0.5) is 14.9 Å². The van der Waals surface area contributed by atoms with Gasteiger partial charge in [-0.25, -0.2) is 9.18 Å². The first kappa shape index (κ1) is 21.3. The van der Waals surface area contributed by atoms with Gasteiger partial charge < -0.3 is 20.3 Å². The average Bonchev–Trinajstić information content (AvgIpc) is 3.11. The van der Waals surface area contributed by atoms with Crippen LogP contribution in [0.25, 0.3) is 0 Å². The molecule has 0 radical (unpaired) electrons. The predicted octanol–water partition coefficient (Wildman–Crippen LogP) is 1.92. The minimum Gasteiger partial charge on any atom is -0.410 e. The molecule has 0 bridgehead atoms. The third-order valence-electron chi connectivity index (χ3n) is 5.48. The lowest BCUT2D eigenvalue weighted by atomic mass is 10.0. The van der Waals surface area contributed by atoms with Crippen molar-refractivity contribution in [2.45, 2.75) is 32.0 Å². The highest BCUT2D eigenvalue weighted by molar-refractivity contribution is 6.06. The second kappa shape index (κ2) is 8.66. The van der Waals surface area contributed by atoms with Crippen LogP contribution in [0.2, 0.25) is 0 Å². The molecule has 0 saturated carbocycles. The van der Waals surface area contributed by atoms with E-state index >= 15 is 0 Å². The van der Waals surface area contributed by atoms with E-state index in [9.17, 15) is 23.6 Å². The summed E-state index contributed by atoms with van der Waals surface area (Å²) in [4.78, 5) is 49.4. The number of imide groups is 1. The van der Waals surface area contributed by atoms with E-state index in [1.54, 1.807) is 18.2 Å². The molecule has 4 rings (SSSR count). The standard InChI is InChI=1S/C22H21FN4O5/c1-24-22(31)32-13-5-6-16(23)12(9-13)10-25-17-4-2-3-14-15(17)11-27(21(14)30)18-7-8-19(28)26-20(18)29/h2-6,9,18,25H,7-8,10-11H2,1H3,(H,24,31)(H,26,28,29)/t18-/m0/s1. The summed E-state index contributed by atoms with van der Waals surface area (Å²) in [6.07, 6.45) is -0.213. The number of carbonyl (C=O) groups is 4. The lowest BCUT2D eigenvalue weighted by Gasteiger charge is -2.29. The normalized spacial score (nSPS) is 17.6. The number of benzene rings is 2. The highest BCUT2D eigenvalue weighted by atomic mass is 19.1. The zero-order valence-electron chi connectivity index (χ0n) is 17.2. The summed E-state index contributed by atoms with van der Waals surface area (Å²) in [7, 11) is 1.42. The second-order valence-corrected chi connectivity index (χ2v) is 7.48. The van der Waals surface area contributed by atoms with Crippen molar-refractivity contribution in [3.05, 3.63) is 58.9 Å². The molecule has 4 amide bonds. The van der Waals surface area contributed by atoms with Gasteiger partial charge >= 0.3 is 6.09 Å². The molecule has 0 spiro atoms. The largest absolute Gasteiger partial charge is 0.412 e. The number of hydrogen-bond donors (Lipinski definition) is 3. The lowest BCUT2D eigenvalue weighted by Crippen LogP contribution is -2.52. The van der Waals surface area contributed by atoms with E-state index < -0.39 is 23.9 Å². The molecule has 3 N–H and O–H groups in total. The third kappa shape index (κ3) is 4.11. The minimum atomic E-state index is -0.712. The molecule has 32 heavy (non-hydrogen) atoms. The molecular weight excluding hydrogens is 419 g/mol. The molecule has 2 aliphatic rings. The number of rotatable bonds is 5. The molecule has 2 aromatic rings. The number of fused-ring (bicyclic) bond motifs is 1. The Morgan fingerprint density at radius 3 is 2.81 bits per heavy atom. The molecule has 10 heteroatoms. The smallest absolute Gasteiger partial charge is 0.410 e. The molecule has 0 aliphatic carbocycles. The van der Waals surface area contributed by atoms with E-state index in [1.165, 1.54) is 30.1 Å². The van der Waals surface area contributed by atoms with Gasteiger partial charge in [-0.3, -0.25) is 19.7 Å². The Morgan fingerprint density at radius 2 is 2.06 bits per heavy atom. The molecular formula is C22H21FN4O5. The highest BCUT2D eigenvalue weighted by Crippen LogP contribution is 2.32. The second-order valence-electron chi connectivity index (χ2n) is 7.48. The number of anilines is 1. The summed E-state index contributed by atoms with van der Waals surface area (Å²) in [6.45, 7) is 0.283. The third-order valence-corrected chi connectivity index (χ3v) is 5.48. The first-order chi connectivity index (χ1) is 15.4. The Bertz CT molecular complexity index is 1120. The van der Waals surface area contributed by atoms with Gasteiger partial charge in [-0.15, -0.1) is 0 Å². The van der Waals surface area contributed by atoms with Gasteiger partial charge in [-0.2, -0.15) is 0 Å². The fourth-order valence-corrected chi connectivity index (χ4v) is 3.85. The quantitative estimate of drug-likeness (QED) is 0.612. The number of halogens is 1. The van der Waals surface area contributed by atoms with Crippen molar-refractivity contribution in [1.29, 1.82) is 0 Å². The monoisotopic (exact) mass is 440 g/mol. The van der Waals surface area contributed by atoms with E-state index in [2.05, 4.69) is 16.0 Å². The first-order valence-electron chi connectivity index (χ1n) is 10.1. The Kier molecular flexibility index (Phi) is 5.76. The summed E-state index contributed by atoms with van der Waals surface area (Å²) in [6, 6.07) is 8.41. The van der Waals surface area contributed by atoms with E-state index in [1.807, 2.05) is 0 Å². The van der Waals surface area contributed by atoms with Gasteiger partial charge in [-0.05, 0) is 36.8 Å². The summed E-state index contributed by atoms with van der Waals surface area (Å²) in [5.41, 5.74) is 2.05. The van der Waals surface area contributed by atoms with E-state index in [-0.39, 0.29) is 49.1 Å². The first-order valence-corrected chi connectivity index (χ1v) is 10.1. The topological polar surface area (TPSA) is 117 Å². The molecule has 2 aromatic carbocycles. The number of ether oxygens (including phenoxy) is 1. The highest BCUT2D eigenvalue weighted by Gasteiger charge is 2.39. The summed E-state index contributed by atoms with van der Waals surface area (Å²) in [5, 5.41) is 7.72. The predicted molar refractivity (Wildman–Crippen MR) is 111 cm³/mol. The van der Waals surface area contributed by atoms with Crippen molar-refractivity contribution in [2.24, 2.45) is 0 Å². The molecule has 1 saturated heterocycles. The summed E-state index contributed by atoms with van der Waals surface area (Å²) in [5.74, 6) is -1.39. The molecule has 0 aromatic heterocycles. The van der Waals surface area contributed by atoms with Crippen LogP contribution < -0.4 is 20.7 Å². The van der Waals surface area contributed by atoms with Crippen LogP contribution in [0.5, 0.6) is 5.75 Å². The number of nitrogens with zero attached hydrogens (tertiary/aromatic N) is 1. The molecule has 0 unspecified atom stereocenters. The Morgan fingerprint density at radius 1 is 1.25 bits per heavy atom.